The molecule has 0 saturated carbocycles. The van der Waals surface area contributed by atoms with Crippen molar-refractivity contribution in [2.75, 3.05) is 27.4 Å². The van der Waals surface area contributed by atoms with Crippen LogP contribution in [0.1, 0.15) is 55.9 Å². The molecule has 1 aromatic carbocycles. The van der Waals surface area contributed by atoms with Gasteiger partial charge in [-0.25, -0.2) is 4.68 Å². The van der Waals surface area contributed by atoms with Crippen molar-refractivity contribution in [3.63, 3.8) is 0 Å². The van der Waals surface area contributed by atoms with Gasteiger partial charge in [-0.3, -0.25) is 9.69 Å². The van der Waals surface area contributed by atoms with Crippen LogP contribution in [0.4, 0.5) is 0 Å². The van der Waals surface area contributed by atoms with Crippen LogP contribution in [-0.2, 0) is 16.8 Å². The van der Waals surface area contributed by atoms with Crippen molar-refractivity contribution in [1.29, 1.82) is 0 Å². The summed E-state index contributed by atoms with van der Waals surface area (Å²) in [6.45, 7) is 8.17. The molecule has 0 spiro atoms. The molecule has 0 radical (unpaired) electrons. The van der Waals surface area contributed by atoms with Gasteiger partial charge in [0.1, 0.15) is 6.04 Å². The van der Waals surface area contributed by atoms with Crippen molar-refractivity contribution < 1.29 is 14.2 Å². The highest BCUT2D eigenvalue weighted by Gasteiger charge is 2.35. The van der Waals surface area contributed by atoms with Gasteiger partial charge in [-0.1, -0.05) is 6.07 Å². The Morgan fingerprint density at radius 2 is 2.03 bits per heavy atom. The molecule has 10 nitrogen and oxygen atoms in total. The summed E-state index contributed by atoms with van der Waals surface area (Å²) in [5, 5.41) is 15.8. The number of nitrogens with zero attached hydrogens (tertiary/aromatic N) is 5. The van der Waals surface area contributed by atoms with Gasteiger partial charge in [0.25, 0.3) is 5.56 Å². The number of rotatable bonds is 9. The fraction of sp³-hybridized carbons (Fsp3) is 0.481. The number of aromatic amines is 1. The van der Waals surface area contributed by atoms with Crippen molar-refractivity contribution in [3.8, 4) is 11.5 Å². The zero-order valence-corrected chi connectivity index (χ0v) is 23.2. The molecule has 2 atom stereocenters. The second-order valence-electron chi connectivity index (χ2n) is 10.5. The van der Waals surface area contributed by atoms with Crippen LogP contribution >= 0.6 is 11.3 Å². The van der Waals surface area contributed by atoms with Crippen LogP contribution in [0, 0.1) is 0 Å². The molecule has 0 aliphatic carbocycles. The lowest BCUT2D eigenvalue weighted by molar-refractivity contribution is 0.0569. The van der Waals surface area contributed by atoms with Gasteiger partial charge >= 0.3 is 0 Å². The molecule has 1 saturated heterocycles. The first-order chi connectivity index (χ1) is 18.3. The molecule has 0 amide bonds. The third kappa shape index (κ3) is 5.31. The predicted molar refractivity (Wildman–Crippen MR) is 146 cm³/mol. The first-order valence-electron chi connectivity index (χ1n) is 12.7. The maximum atomic E-state index is 13.8. The maximum absolute atomic E-state index is 13.8. The fourth-order valence-corrected chi connectivity index (χ4v) is 5.74. The molecule has 1 N–H and O–H groups in total. The Morgan fingerprint density at radius 3 is 2.68 bits per heavy atom. The van der Waals surface area contributed by atoms with Crippen LogP contribution in [-0.4, -0.2) is 63.6 Å². The topological polar surface area (TPSA) is 107 Å². The SMILES string of the molecule is COc1cc2cc([C@@H](c3nnnn3C(C)(C)C)N(Cc3cccs3)C[C@@H]3CCCO3)c(=O)[nH]c2cc1OC. The number of hydrogen-bond acceptors (Lipinski definition) is 9. The minimum absolute atomic E-state index is 0.0697. The van der Waals surface area contributed by atoms with Gasteiger partial charge in [0.05, 0.1) is 31.4 Å². The standard InChI is InChI=1S/C27H34N6O4S/c1-27(2,3)33-25(29-30-31-33)24(32(15-18-8-6-10-37-18)16-19-9-7-11-38-19)20-12-17-13-22(35-4)23(36-5)14-21(17)28-26(20)34/h7,9,11-14,18,24H,6,8,10,15-16H2,1-5H3,(H,28,34)/t18-,24-/m0/s1. The monoisotopic (exact) mass is 538 g/mol. The number of fused-ring (bicyclic) bond motifs is 1. The third-order valence-electron chi connectivity index (χ3n) is 6.81. The van der Waals surface area contributed by atoms with Gasteiger partial charge in [-0.2, -0.15) is 0 Å². The summed E-state index contributed by atoms with van der Waals surface area (Å²) in [6, 6.07) is 9.21. The highest BCUT2D eigenvalue weighted by molar-refractivity contribution is 7.09. The van der Waals surface area contributed by atoms with Gasteiger partial charge in [0.2, 0.25) is 0 Å². The molecule has 38 heavy (non-hydrogen) atoms. The van der Waals surface area contributed by atoms with Crippen molar-refractivity contribution in [3.05, 3.63) is 62.3 Å². The largest absolute Gasteiger partial charge is 0.493 e. The zero-order valence-electron chi connectivity index (χ0n) is 22.4. The Kier molecular flexibility index (Phi) is 7.51. The molecule has 1 aliphatic rings. The summed E-state index contributed by atoms with van der Waals surface area (Å²) < 4.78 is 18.8. The first-order valence-corrected chi connectivity index (χ1v) is 13.6. The van der Waals surface area contributed by atoms with E-state index in [1.54, 1.807) is 31.6 Å². The Labute approximate surface area is 225 Å². The first kappa shape index (κ1) is 26.3. The number of aromatic nitrogens is 5. The van der Waals surface area contributed by atoms with Gasteiger partial charge in [0.15, 0.2) is 17.3 Å². The highest BCUT2D eigenvalue weighted by Crippen LogP contribution is 2.35. The Balaban J connectivity index is 1.70. The summed E-state index contributed by atoms with van der Waals surface area (Å²) in [6.07, 6.45) is 2.07. The van der Waals surface area contributed by atoms with Crippen molar-refractivity contribution in [2.45, 2.75) is 57.8 Å². The fourth-order valence-electron chi connectivity index (χ4n) is 5.01. The van der Waals surface area contributed by atoms with E-state index in [9.17, 15) is 4.79 Å². The molecule has 5 rings (SSSR count). The maximum Gasteiger partial charge on any atom is 0.253 e. The normalized spacial score (nSPS) is 16.8. The Bertz CT molecular complexity index is 1440. The van der Waals surface area contributed by atoms with Gasteiger partial charge < -0.3 is 19.2 Å². The number of tetrazole rings is 1. The number of benzene rings is 1. The third-order valence-corrected chi connectivity index (χ3v) is 7.67. The zero-order chi connectivity index (χ0) is 26.9. The summed E-state index contributed by atoms with van der Waals surface area (Å²) in [5.74, 6) is 1.75. The van der Waals surface area contributed by atoms with E-state index in [2.05, 4.69) is 57.6 Å². The lowest BCUT2D eigenvalue weighted by atomic mass is 10.0. The Hall–Kier alpha value is -3.28. The molecule has 3 aromatic heterocycles. The van der Waals surface area contributed by atoms with Crippen molar-refractivity contribution in [1.82, 2.24) is 30.1 Å². The second-order valence-corrected chi connectivity index (χ2v) is 11.5. The molecule has 202 valence electrons. The van der Waals surface area contributed by atoms with Gasteiger partial charge in [0, 0.05) is 41.6 Å². The number of nitrogens with one attached hydrogen (secondary N) is 1. The van der Waals surface area contributed by atoms with E-state index in [4.69, 9.17) is 14.2 Å². The smallest absolute Gasteiger partial charge is 0.253 e. The van der Waals surface area contributed by atoms with E-state index in [1.165, 1.54) is 4.88 Å². The highest BCUT2D eigenvalue weighted by atomic mass is 32.1. The molecule has 0 unspecified atom stereocenters. The van der Waals surface area contributed by atoms with Gasteiger partial charge in [-0.15, -0.1) is 16.4 Å². The number of ether oxygens (including phenoxy) is 3. The van der Waals surface area contributed by atoms with Crippen molar-refractivity contribution >= 4 is 22.2 Å². The number of methoxy groups -OCH3 is 2. The van der Waals surface area contributed by atoms with Gasteiger partial charge in [-0.05, 0) is 67.6 Å². The summed E-state index contributed by atoms with van der Waals surface area (Å²) in [5.41, 5.74) is 0.617. The van der Waals surface area contributed by atoms with Crippen LogP contribution in [0.5, 0.6) is 11.5 Å². The average molecular weight is 539 g/mol. The molecule has 11 heteroatoms. The van der Waals surface area contributed by atoms with E-state index < -0.39 is 11.6 Å². The average Bonchev–Trinajstić information content (AvgIpc) is 3.67. The molecular weight excluding hydrogens is 504 g/mol. The van der Waals surface area contributed by atoms with E-state index in [0.29, 0.717) is 41.5 Å². The molecule has 0 bridgehead atoms. The summed E-state index contributed by atoms with van der Waals surface area (Å²) in [4.78, 5) is 20.3. The number of thiophene rings is 1. The minimum atomic E-state index is -0.517. The van der Waals surface area contributed by atoms with E-state index in [-0.39, 0.29) is 11.7 Å². The second kappa shape index (κ2) is 10.8. The van der Waals surface area contributed by atoms with E-state index in [1.807, 2.05) is 22.9 Å². The lowest BCUT2D eigenvalue weighted by Gasteiger charge is -2.34. The Morgan fingerprint density at radius 1 is 1.24 bits per heavy atom. The van der Waals surface area contributed by atoms with Crippen LogP contribution in [0.15, 0.2) is 40.5 Å². The van der Waals surface area contributed by atoms with Crippen LogP contribution < -0.4 is 15.0 Å². The molecule has 4 heterocycles. The van der Waals surface area contributed by atoms with E-state index in [0.717, 1.165) is 24.8 Å². The summed E-state index contributed by atoms with van der Waals surface area (Å²) in [7, 11) is 3.17. The quantitative estimate of drug-likeness (QED) is 0.339. The lowest BCUT2D eigenvalue weighted by Crippen LogP contribution is -2.40. The number of hydrogen-bond donors (Lipinski definition) is 1. The number of H-pyrrole nitrogens is 1. The molecular formula is C27H34N6O4S. The van der Waals surface area contributed by atoms with E-state index >= 15 is 0 Å². The molecule has 1 aliphatic heterocycles. The number of pyridine rings is 1. The molecule has 4 aromatic rings. The predicted octanol–water partition coefficient (Wildman–Crippen LogP) is 4.12. The van der Waals surface area contributed by atoms with Crippen molar-refractivity contribution in [2.24, 2.45) is 0 Å². The molecule has 1 fully saturated rings. The summed E-state index contributed by atoms with van der Waals surface area (Å²) >= 11 is 1.69. The minimum Gasteiger partial charge on any atom is -0.493 e. The van der Waals surface area contributed by atoms with Crippen LogP contribution in [0.2, 0.25) is 0 Å². The van der Waals surface area contributed by atoms with Crippen LogP contribution in [0.25, 0.3) is 10.9 Å². The van der Waals surface area contributed by atoms with Crippen LogP contribution in [0.3, 0.4) is 0 Å².